The highest BCUT2D eigenvalue weighted by atomic mass is 32.2. The Morgan fingerprint density at radius 1 is 1.09 bits per heavy atom. The topological polar surface area (TPSA) is 127 Å². The van der Waals surface area contributed by atoms with E-state index in [9.17, 15) is 29.6 Å². The van der Waals surface area contributed by atoms with Gasteiger partial charge in [0.2, 0.25) is 20.0 Å². The van der Waals surface area contributed by atoms with E-state index in [0.717, 1.165) is 32.9 Å². The molecule has 2 heterocycles. The molecule has 0 aliphatic carbocycles. The van der Waals surface area contributed by atoms with Gasteiger partial charge in [0.25, 0.3) is 0 Å². The van der Waals surface area contributed by atoms with Crippen molar-refractivity contribution in [3.63, 3.8) is 0 Å². The first-order chi connectivity index (χ1) is 15.6. The second-order valence-electron chi connectivity index (χ2n) is 8.50. The van der Waals surface area contributed by atoms with Crippen LogP contribution in [0.1, 0.15) is 29.4 Å². The normalized spacial score (nSPS) is 18.7. The Kier molecular flexibility index (Phi) is 7.58. The SMILES string of the molecule is Cc1nn(C2CCS(=O)(=O)C2)c(C)c1CN(C)S(=O)(=O)CCN(C)S(=O)(=O)c1ccc(F)cc1. The molecule has 0 spiro atoms. The van der Waals surface area contributed by atoms with Crippen molar-refractivity contribution in [3.8, 4) is 0 Å². The third kappa shape index (κ3) is 5.67. The van der Waals surface area contributed by atoms with Crippen LogP contribution in [0.15, 0.2) is 29.2 Å². The fourth-order valence-electron chi connectivity index (χ4n) is 3.88. The molecule has 14 heteroatoms. The summed E-state index contributed by atoms with van der Waals surface area (Å²) < 4.78 is 91.5. The van der Waals surface area contributed by atoms with Crippen LogP contribution in [0.3, 0.4) is 0 Å². The zero-order valence-electron chi connectivity index (χ0n) is 19.5. The molecule has 1 fully saturated rings. The Morgan fingerprint density at radius 3 is 2.26 bits per heavy atom. The highest BCUT2D eigenvalue weighted by Crippen LogP contribution is 2.27. The highest BCUT2D eigenvalue weighted by molar-refractivity contribution is 7.91. The monoisotopic (exact) mass is 536 g/mol. The number of rotatable bonds is 9. The lowest BCUT2D eigenvalue weighted by Crippen LogP contribution is -2.36. The minimum atomic E-state index is -3.97. The Morgan fingerprint density at radius 2 is 1.71 bits per heavy atom. The van der Waals surface area contributed by atoms with Gasteiger partial charge in [0.15, 0.2) is 9.84 Å². The number of benzene rings is 1. The Bertz CT molecular complexity index is 1370. The summed E-state index contributed by atoms with van der Waals surface area (Å²) in [5.41, 5.74) is 2.00. The number of sulfone groups is 1. The van der Waals surface area contributed by atoms with E-state index in [2.05, 4.69) is 5.10 Å². The van der Waals surface area contributed by atoms with Crippen molar-refractivity contribution in [1.82, 2.24) is 18.4 Å². The number of nitrogens with zero attached hydrogens (tertiary/aromatic N) is 4. The molecule has 1 atom stereocenters. The van der Waals surface area contributed by atoms with Gasteiger partial charge in [-0.3, -0.25) is 4.68 Å². The van der Waals surface area contributed by atoms with Crippen LogP contribution in [0.4, 0.5) is 4.39 Å². The Balaban J connectivity index is 1.69. The van der Waals surface area contributed by atoms with Gasteiger partial charge in [-0.1, -0.05) is 0 Å². The van der Waals surface area contributed by atoms with Crippen molar-refractivity contribution >= 4 is 29.9 Å². The quantitative estimate of drug-likeness (QED) is 0.469. The van der Waals surface area contributed by atoms with Crippen LogP contribution in [0.2, 0.25) is 0 Å². The minimum Gasteiger partial charge on any atom is -0.265 e. The molecule has 10 nitrogen and oxygen atoms in total. The van der Waals surface area contributed by atoms with E-state index in [1.807, 2.05) is 0 Å². The number of sulfonamides is 2. The molecule has 1 aromatic heterocycles. The lowest BCUT2D eigenvalue weighted by Gasteiger charge is -2.21. The van der Waals surface area contributed by atoms with Gasteiger partial charge in [-0.25, -0.2) is 33.9 Å². The number of aromatic nitrogens is 2. The fourth-order valence-corrected chi connectivity index (χ4v) is 8.00. The fraction of sp³-hybridized carbons (Fsp3) is 0.550. The van der Waals surface area contributed by atoms with E-state index in [-0.39, 0.29) is 35.5 Å². The summed E-state index contributed by atoms with van der Waals surface area (Å²) in [5, 5.41) is 4.46. The predicted molar refractivity (Wildman–Crippen MR) is 125 cm³/mol. The van der Waals surface area contributed by atoms with Crippen LogP contribution in [-0.4, -0.2) is 81.5 Å². The standard InChI is InChI=1S/C20H29FN4O6S3/c1-15-20(16(2)25(22-15)18-9-11-32(26,27)14-18)13-24(4)33(28,29)12-10-23(3)34(30,31)19-7-5-17(21)6-8-19/h5-8,18H,9-14H2,1-4H3. The molecule has 34 heavy (non-hydrogen) atoms. The number of halogens is 1. The third-order valence-corrected chi connectivity index (χ3v) is 11.5. The summed E-state index contributed by atoms with van der Waals surface area (Å²) in [6.07, 6.45) is 0.465. The van der Waals surface area contributed by atoms with Gasteiger partial charge in [0.1, 0.15) is 5.82 Å². The molecule has 1 aliphatic rings. The molecule has 0 radical (unpaired) electrons. The maximum Gasteiger partial charge on any atom is 0.242 e. The summed E-state index contributed by atoms with van der Waals surface area (Å²) in [7, 11) is -8.23. The maximum absolute atomic E-state index is 13.1. The molecular weight excluding hydrogens is 507 g/mol. The van der Waals surface area contributed by atoms with Crippen LogP contribution < -0.4 is 0 Å². The Hall–Kier alpha value is -1.87. The number of hydrogen-bond donors (Lipinski definition) is 0. The van der Waals surface area contributed by atoms with Crippen molar-refractivity contribution in [2.45, 2.75) is 37.8 Å². The van der Waals surface area contributed by atoms with E-state index in [1.165, 1.54) is 14.1 Å². The van der Waals surface area contributed by atoms with E-state index in [4.69, 9.17) is 0 Å². The molecule has 0 bridgehead atoms. The van der Waals surface area contributed by atoms with E-state index >= 15 is 0 Å². The average molecular weight is 537 g/mol. The van der Waals surface area contributed by atoms with Gasteiger partial charge in [0, 0.05) is 38.4 Å². The van der Waals surface area contributed by atoms with E-state index in [0.29, 0.717) is 23.4 Å². The zero-order chi connectivity index (χ0) is 25.5. The van der Waals surface area contributed by atoms with Crippen LogP contribution >= 0.6 is 0 Å². The molecule has 3 rings (SSSR count). The average Bonchev–Trinajstić information content (AvgIpc) is 3.25. The van der Waals surface area contributed by atoms with Crippen molar-refractivity contribution in [3.05, 3.63) is 47.0 Å². The van der Waals surface area contributed by atoms with Crippen molar-refractivity contribution < 1.29 is 29.6 Å². The maximum atomic E-state index is 13.1. The lowest BCUT2D eigenvalue weighted by atomic mass is 10.2. The van der Waals surface area contributed by atoms with Crippen LogP contribution in [0.5, 0.6) is 0 Å². The van der Waals surface area contributed by atoms with Gasteiger partial charge in [-0.15, -0.1) is 0 Å². The molecular formula is C20H29FN4O6S3. The van der Waals surface area contributed by atoms with Crippen molar-refractivity contribution in [2.75, 3.05) is 37.9 Å². The molecule has 190 valence electrons. The van der Waals surface area contributed by atoms with Gasteiger partial charge < -0.3 is 0 Å². The molecule has 0 amide bonds. The molecule has 1 aliphatic heterocycles. The van der Waals surface area contributed by atoms with E-state index in [1.54, 1.807) is 18.5 Å². The number of aryl methyl sites for hydroxylation is 1. The van der Waals surface area contributed by atoms with Crippen LogP contribution in [0.25, 0.3) is 0 Å². The largest absolute Gasteiger partial charge is 0.265 e. The summed E-state index contributed by atoms with van der Waals surface area (Å²) in [6, 6.07) is 4.03. The predicted octanol–water partition coefficient (Wildman–Crippen LogP) is 1.08. The first-order valence-corrected chi connectivity index (χ1v) is 15.4. The van der Waals surface area contributed by atoms with Crippen molar-refractivity contribution in [2.24, 2.45) is 0 Å². The molecule has 1 saturated heterocycles. The van der Waals surface area contributed by atoms with Crippen molar-refractivity contribution in [1.29, 1.82) is 0 Å². The second kappa shape index (κ2) is 9.64. The minimum absolute atomic E-state index is 0.0113. The number of hydrogen-bond acceptors (Lipinski definition) is 7. The smallest absolute Gasteiger partial charge is 0.242 e. The highest BCUT2D eigenvalue weighted by Gasteiger charge is 2.32. The molecule has 1 unspecified atom stereocenters. The molecule has 0 saturated carbocycles. The molecule has 2 aromatic rings. The summed E-state index contributed by atoms with van der Waals surface area (Å²) in [4.78, 5) is -0.130. The lowest BCUT2D eigenvalue weighted by molar-refractivity contribution is 0.449. The first kappa shape index (κ1) is 26.7. The van der Waals surface area contributed by atoms with E-state index < -0.39 is 41.5 Å². The second-order valence-corrected chi connectivity index (χ2v) is 15.0. The summed E-state index contributed by atoms with van der Waals surface area (Å²) in [5.74, 6) is -0.909. The van der Waals surface area contributed by atoms with Gasteiger partial charge in [-0.05, 0) is 44.5 Å². The van der Waals surface area contributed by atoms with Gasteiger partial charge in [-0.2, -0.15) is 9.40 Å². The van der Waals surface area contributed by atoms with Gasteiger partial charge >= 0.3 is 0 Å². The van der Waals surface area contributed by atoms with Crippen LogP contribution in [-0.2, 0) is 36.4 Å². The molecule has 1 aromatic carbocycles. The Labute approximate surface area is 200 Å². The summed E-state index contributed by atoms with van der Waals surface area (Å²) >= 11 is 0. The molecule has 0 N–H and O–H groups in total. The zero-order valence-corrected chi connectivity index (χ0v) is 21.9. The summed E-state index contributed by atoms with van der Waals surface area (Å²) in [6.45, 7) is 3.26. The first-order valence-electron chi connectivity index (χ1n) is 10.5. The third-order valence-electron chi connectivity index (χ3n) is 6.07. The van der Waals surface area contributed by atoms with Gasteiger partial charge in [0.05, 0.1) is 33.9 Å². The van der Waals surface area contributed by atoms with Crippen LogP contribution in [0, 0.1) is 19.7 Å².